The zero-order valence-electron chi connectivity index (χ0n) is 12.5. The number of para-hydroxylation sites is 1. The van der Waals surface area contributed by atoms with Gasteiger partial charge in [0.1, 0.15) is 16.8 Å². The summed E-state index contributed by atoms with van der Waals surface area (Å²) in [6.45, 7) is 0. The van der Waals surface area contributed by atoms with Crippen LogP contribution in [0.1, 0.15) is 15.4 Å². The summed E-state index contributed by atoms with van der Waals surface area (Å²) in [5, 5.41) is 13.5. The van der Waals surface area contributed by atoms with E-state index in [1.54, 1.807) is 18.2 Å². The number of carbonyl (C=O) groups is 1. The molecule has 8 heteroatoms. The van der Waals surface area contributed by atoms with Crippen molar-refractivity contribution in [3.05, 3.63) is 69.0 Å². The van der Waals surface area contributed by atoms with Crippen LogP contribution >= 0.6 is 34.5 Å². The number of allylic oxidation sites excluding steroid dienone is 1. The lowest BCUT2D eigenvalue weighted by Crippen LogP contribution is -1.99. The molecule has 0 aliphatic rings. The van der Waals surface area contributed by atoms with Crippen LogP contribution in [0.4, 0.5) is 10.8 Å². The van der Waals surface area contributed by atoms with Crippen molar-refractivity contribution < 1.29 is 9.21 Å². The Morgan fingerprint density at radius 1 is 1.28 bits per heavy atom. The standard InChI is InChI=1S/C17H9Cl2N3O2S/c18-11-4-1-2-5-12(11)21-17-22-16(19)14(25-17)8-10(9-20)15(23)13-6-3-7-24-13/h1-8H,(H,21,22)/b10-8+. The van der Waals surface area contributed by atoms with Gasteiger partial charge in [-0.1, -0.05) is 46.7 Å². The third kappa shape index (κ3) is 3.91. The lowest BCUT2D eigenvalue weighted by Gasteiger charge is -2.03. The minimum Gasteiger partial charge on any atom is -0.461 e. The molecular formula is C17H9Cl2N3O2S. The summed E-state index contributed by atoms with van der Waals surface area (Å²) in [5.74, 6) is -0.430. The topological polar surface area (TPSA) is 78.9 Å². The van der Waals surface area contributed by atoms with E-state index in [1.165, 1.54) is 29.7 Å². The van der Waals surface area contributed by atoms with Crippen LogP contribution in [0.3, 0.4) is 0 Å². The van der Waals surface area contributed by atoms with Gasteiger partial charge in [0.2, 0.25) is 5.78 Å². The number of thiazole rings is 1. The average Bonchev–Trinajstić information content (AvgIpc) is 3.24. The first kappa shape index (κ1) is 17.2. The zero-order chi connectivity index (χ0) is 17.8. The quantitative estimate of drug-likeness (QED) is 0.350. The van der Waals surface area contributed by atoms with Gasteiger partial charge in [-0.3, -0.25) is 4.79 Å². The van der Waals surface area contributed by atoms with E-state index in [1.807, 2.05) is 18.2 Å². The fourth-order valence-electron chi connectivity index (χ4n) is 1.95. The number of rotatable bonds is 5. The molecule has 0 saturated heterocycles. The number of halogens is 2. The molecule has 1 aromatic carbocycles. The molecule has 5 nitrogen and oxygen atoms in total. The predicted molar refractivity (Wildman–Crippen MR) is 98.5 cm³/mol. The van der Waals surface area contributed by atoms with Crippen LogP contribution in [0.25, 0.3) is 6.08 Å². The van der Waals surface area contributed by atoms with Crippen LogP contribution in [-0.4, -0.2) is 10.8 Å². The molecule has 1 N–H and O–H groups in total. The molecule has 0 atom stereocenters. The number of nitrogens with zero attached hydrogens (tertiary/aromatic N) is 2. The van der Waals surface area contributed by atoms with E-state index in [-0.39, 0.29) is 16.5 Å². The van der Waals surface area contributed by atoms with E-state index in [9.17, 15) is 10.1 Å². The van der Waals surface area contributed by atoms with E-state index in [2.05, 4.69) is 10.3 Å². The van der Waals surface area contributed by atoms with Gasteiger partial charge in [0.25, 0.3) is 0 Å². The Morgan fingerprint density at radius 2 is 2.08 bits per heavy atom. The van der Waals surface area contributed by atoms with Crippen molar-refractivity contribution in [3.8, 4) is 6.07 Å². The highest BCUT2D eigenvalue weighted by molar-refractivity contribution is 7.17. The van der Waals surface area contributed by atoms with Gasteiger partial charge in [-0.25, -0.2) is 4.98 Å². The van der Waals surface area contributed by atoms with Crippen LogP contribution in [-0.2, 0) is 0 Å². The molecule has 0 spiro atoms. The van der Waals surface area contributed by atoms with Gasteiger partial charge in [0, 0.05) is 0 Å². The van der Waals surface area contributed by atoms with Gasteiger partial charge in [0.15, 0.2) is 10.9 Å². The van der Waals surface area contributed by atoms with Gasteiger partial charge in [-0.05, 0) is 30.3 Å². The van der Waals surface area contributed by atoms with E-state index in [0.717, 1.165) is 0 Å². The second-order valence-corrected chi connectivity index (χ2v) is 6.55. The Labute approximate surface area is 157 Å². The number of hydrogen-bond acceptors (Lipinski definition) is 6. The van der Waals surface area contributed by atoms with Gasteiger partial charge < -0.3 is 9.73 Å². The molecular weight excluding hydrogens is 381 g/mol. The Kier molecular flexibility index (Phi) is 5.19. The molecule has 25 heavy (non-hydrogen) atoms. The van der Waals surface area contributed by atoms with E-state index in [4.69, 9.17) is 27.6 Å². The summed E-state index contributed by atoms with van der Waals surface area (Å²) in [5.41, 5.74) is 0.585. The summed E-state index contributed by atoms with van der Waals surface area (Å²) in [7, 11) is 0. The van der Waals surface area contributed by atoms with Gasteiger partial charge in [-0.2, -0.15) is 5.26 Å². The number of hydrogen-bond donors (Lipinski definition) is 1. The lowest BCUT2D eigenvalue weighted by atomic mass is 10.1. The monoisotopic (exact) mass is 389 g/mol. The highest BCUT2D eigenvalue weighted by Gasteiger charge is 2.17. The molecule has 3 rings (SSSR count). The maximum atomic E-state index is 12.2. The molecule has 0 amide bonds. The predicted octanol–water partition coefficient (Wildman–Crippen LogP) is 5.58. The Bertz CT molecular complexity index is 988. The zero-order valence-corrected chi connectivity index (χ0v) is 14.8. The molecule has 2 heterocycles. The molecule has 0 bridgehead atoms. The Hall–Kier alpha value is -2.59. The van der Waals surface area contributed by atoms with Crippen molar-refractivity contribution in [1.82, 2.24) is 4.98 Å². The molecule has 0 fully saturated rings. The van der Waals surface area contributed by atoms with E-state index >= 15 is 0 Å². The van der Waals surface area contributed by atoms with Gasteiger partial charge >= 0.3 is 0 Å². The average molecular weight is 390 g/mol. The number of nitrogens with one attached hydrogen (secondary N) is 1. The first-order valence-electron chi connectivity index (χ1n) is 6.96. The first-order valence-corrected chi connectivity index (χ1v) is 8.53. The maximum Gasteiger partial charge on any atom is 0.238 e. The van der Waals surface area contributed by atoms with E-state index in [0.29, 0.717) is 20.7 Å². The van der Waals surface area contributed by atoms with Crippen molar-refractivity contribution in [2.24, 2.45) is 0 Å². The van der Waals surface area contributed by atoms with Crippen molar-refractivity contribution in [2.45, 2.75) is 0 Å². The van der Waals surface area contributed by atoms with Crippen molar-refractivity contribution in [3.63, 3.8) is 0 Å². The summed E-state index contributed by atoms with van der Waals surface area (Å²) < 4.78 is 5.03. The summed E-state index contributed by atoms with van der Waals surface area (Å²) in [6.07, 6.45) is 2.76. The Morgan fingerprint density at radius 3 is 2.76 bits per heavy atom. The van der Waals surface area contributed by atoms with Crippen molar-refractivity contribution in [2.75, 3.05) is 5.32 Å². The summed E-state index contributed by atoms with van der Waals surface area (Å²) in [4.78, 5) is 16.9. The number of anilines is 2. The molecule has 0 aliphatic heterocycles. The molecule has 0 aliphatic carbocycles. The van der Waals surface area contributed by atoms with Crippen molar-refractivity contribution >= 4 is 57.2 Å². The number of furan rings is 1. The second-order valence-electron chi connectivity index (χ2n) is 4.76. The fraction of sp³-hybridized carbons (Fsp3) is 0. The smallest absolute Gasteiger partial charge is 0.238 e. The lowest BCUT2D eigenvalue weighted by molar-refractivity contribution is 0.101. The molecule has 0 radical (unpaired) electrons. The normalized spacial score (nSPS) is 11.2. The fourth-order valence-corrected chi connectivity index (χ4v) is 3.25. The van der Waals surface area contributed by atoms with Gasteiger partial charge in [-0.15, -0.1) is 0 Å². The molecule has 124 valence electrons. The highest BCUT2D eigenvalue weighted by atomic mass is 35.5. The number of aromatic nitrogens is 1. The van der Waals surface area contributed by atoms with Crippen LogP contribution < -0.4 is 5.32 Å². The molecule has 3 aromatic rings. The molecule has 0 unspecified atom stereocenters. The molecule has 2 aromatic heterocycles. The number of carbonyl (C=O) groups excluding carboxylic acids is 1. The number of ketones is 1. The third-order valence-corrected chi connectivity index (χ3v) is 4.76. The van der Waals surface area contributed by atoms with Gasteiger partial charge in [0.05, 0.1) is 21.9 Å². The number of Topliss-reactive ketones (excluding diaryl/α,β-unsaturated/α-hetero) is 1. The summed E-state index contributed by atoms with van der Waals surface area (Å²) >= 11 is 13.4. The second kappa shape index (κ2) is 7.53. The summed E-state index contributed by atoms with van der Waals surface area (Å²) in [6, 6.07) is 12.1. The SMILES string of the molecule is N#C/C(=C\c1sc(Nc2ccccc2Cl)nc1Cl)C(=O)c1ccco1. The van der Waals surface area contributed by atoms with Crippen LogP contribution in [0.15, 0.2) is 52.7 Å². The van der Waals surface area contributed by atoms with Crippen LogP contribution in [0.2, 0.25) is 10.2 Å². The number of benzene rings is 1. The van der Waals surface area contributed by atoms with E-state index < -0.39 is 5.78 Å². The maximum absolute atomic E-state index is 12.2. The third-order valence-electron chi connectivity index (χ3n) is 3.11. The minimum atomic E-state index is -0.516. The highest BCUT2D eigenvalue weighted by Crippen LogP contribution is 2.33. The molecule has 0 saturated carbocycles. The largest absolute Gasteiger partial charge is 0.461 e. The van der Waals surface area contributed by atoms with Crippen LogP contribution in [0.5, 0.6) is 0 Å². The first-order chi connectivity index (χ1) is 12.1. The van der Waals surface area contributed by atoms with Crippen molar-refractivity contribution in [1.29, 1.82) is 5.26 Å². The van der Waals surface area contributed by atoms with Crippen LogP contribution in [0, 0.1) is 11.3 Å². The minimum absolute atomic E-state index is 0.0860. The number of nitriles is 1. The Balaban J connectivity index is 1.88.